The van der Waals surface area contributed by atoms with E-state index in [0.717, 1.165) is 34.7 Å². The van der Waals surface area contributed by atoms with Crippen molar-refractivity contribution in [1.82, 2.24) is 14.7 Å². The highest BCUT2D eigenvalue weighted by molar-refractivity contribution is 7.91. The van der Waals surface area contributed by atoms with Gasteiger partial charge in [0.25, 0.3) is 5.91 Å². The summed E-state index contributed by atoms with van der Waals surface area (Å²) in [6, 6.07) is 0.406. The van der Waals surface area contributed by atoms with Gasteiger partial charge in [-0.15, -0.1) is 0 Å². The van der Waals surface area contributed by atoms with Crippen molar-refractivity contribution in [3.8, 4) is 0 Å². The zero-order valence-electron chi connectivity index (χ0n) is 18.7. The summed E-state index contributed by atoms with van der Waals surface area (Å²) in [5.74, 6) is 0.650. The summed E-state index contributed by atoms with van der Waals surface area (Å²) in [6.07, 6.45) is 3.98. The molecule has 1 N–H and O–H groups in total. The Morgan fingerprint density at radius 1 is 1.21 bits per heavy atom. The van der Waals surface area contributed by atoms with Gasteiger partial charge in [-0.1, -0.05) is 0 Å². The molecule has 2 saturated heterocycles. The van der Waals surface area contributed by atoms with Crippen LogP contribution in [-0.4, -0.2) is 65.7 Å². The minimum atomic E-state index is -2.95. The molecular weight excluding hydrogens is 388 g/mol. The smallest absolute Gasteiger partial charge is 0.281 e. The van der Waals surface area contributed by atoms with E-state index in [2.05, 4.69) is 30.9 Å². The number of hydrogen-bond donors (Lipinski definition) is 1. The molecule has 1 aromatic heterocycles. The van der Waals surface area contributed by atoms with E-state index in [1.54, 1.807) is 0 Å². The highest BCUT2D eigenvalue weighted by atomic mass is 32.2. The summed E-state index contributed by atoms with van der Waals surface area (Å²) in [5.41, 5.74) is 3.10. The molecule has 0 saturated carbocycles. The van der Waals surface area contributed by atoms with E-state index in [9.17, 15) is 13.2 Å². The van der Waals surface area contributed by atoms with Crippen LogP contribution >= 0.6 is 0 Å². The molecule has 2 aliphatic rings. The molecule has 2 aliphatic heterocycles. The molecule has 0 radical (unpaired) electrons. The summed E-state index contributed by atoms with van der Waals surface area (Å²) in [5, 5.41) is 4.67. The van der Waals surface area contributed by atoms with Gasteiger partial charge >= 0.3 is 0 Å². The Kier molecular flexibility index (Phi) is 6.44. The third kappa shape index (κ3) is 4.53. The Labute approximate surface area is 175 Å². The van der Waals surface area contributed by atoms with Crippen LogP contribution in [0.3, 0.4) is 0 Å². The fourth-order valence-electron chi connectivity index (χ4n) is 5.00. The van der Waals surface area contributed by atoms with Crippen LogP contribution < -0.4 is 4.90 Å². The number of hydrogen-bond acceptors (Lipinski definition) is 4. The van der Waals surface area contributed by atoms with E-state index in [1.807, 2.05) is 25.5 Å². The van der Waals surface area contributed by atoms with Gasteiger partial charge < -0.3 is 9.80 Å². The van der Waals surface area contributed by atoms with E-state index >= 15 is 0 Å². The second kappa shape index (κ2) is 8.38. The molecule has 1 aromatic rings. The fourth-order valence-corrected chi connectivity index (χ4v) is 6.69. The van der Waals surface area contributed by atoms with Crippen LogP contribution in [0.25, 0.3) is 0 Å². The monoisotopic (exact) mass is 425 g/mol. The minimum Gasteiger partial charge on any atom is -0.332 e. The molecule has 8 heteroatoms. The number of sulfone groups is 1. The van der Waals surface area contributed by atoms with Gasteiger partial charge in [0, 0.05) is 17.8 Å². The van der Waals surface area contributed by atoms with E-state index in [0.29, 0.717) is 25.0 Å². The maximum atomic E-state index is 13.2. The molecule has 0 aliphatic carbocycles. The summed E-state index contributed by atoms with van der Waals surface area (Å²) in [6.45, 7) is 11.0. The quantitative estimate of drug-likeness (QED) is 0.765. The summed E-state index contributed by atoms with van der Waals surface area (Å²) >= 11 is 0. The number of piperidine rings is 1. The largest absolute Gasteiger partial charge is 0.332 e. The first-order valence-electron chi connectivity index (χ1n) is 10.9. The molecule has 0 bridgehead atoms. The van der Waals surface area contributed by atoms with Crippen LogP contribution in [0.1, 0.15) is 69.4 Å². The van der Waals surface area contributed by atoms with Crippen LogP contribution in [0.5, 0.6) is 0 Å². The second-order valence-corrected chi connectivity index (χ2v) is 11.5. The van der Waals surface area contributed by atoms with Gasteiger partial charge in [0.2, 0.25) is 0 Å². The van der Waals surface area contributed by atoms with Crippen LogP contribution in [0.2, 0.25) is 0 Å². The van der Waals surface area contributed by atoms with Gasteiger partial charge in [-0.3, -0.25) is 9.48 Å². The van der Waals surface area contributed by atoms with Crippen molar-refractivity contribution in [1.29, 1.82) is 0 Å². The van der Waals surface area contributed by atoms with Gasteiger partial charge in [-0.05, 0) is 60.3 Å². The van der Waals surface area contributed by atoms with Crippen molar-refractivity contribution in [3.63, 3.8) is 0 Å². The highest BCUT2D eigenvalue weighted by Crippen LogP contribution is 2.27. The maximum absolute atomic E-state index is 13.2. The lowest BCUT2D eigenvalue weighted by Gasteiger charge is -2.40. The van der Waals surface area contributed by atoms with Crippen LogP contribution in [-0.2, 0) is 21.2 Å². The van der Waals surface area contributed by atoms with Gasteiger partial charge in [-0.2, -0.15) is 5.10 Å². The molecule has 29 heavy (non-hydrogen) atoms. The second-order valence-electron chi connectivity index (χ2n) is 9.27. The molecule has 0 spiro atoms. The molecule has 1 amide bonds. The lowest BCUT2D eigenvalue weighted by Crippen LogP contribution is -3.12. The van der Waals surface area contributed by atoms with Gasteiger partial charge in [-0.25, -0.2) is 8.42 Å². The molecule has 7 nitrogen and oxygen atoms in total. The van der Waals surface area contributed by atoms with E-state index < -0.39 is 9.84 Å². The third-order valence-corrected chi connectivity index (χ3v) is 8.79. The molecular formula is C21H37N4O3S+. The first-order chi connectivity index (χ1) is 13.5. The zero-order chi connectivity index (χ0) is 21.5. The van der Waals surface area contributed by atoms with Crippen molar-refractivity contribution < 1.29 is 18.1 Å². The number of carbonyl (C=O) groups excluding carboxylic acids is 1. The van der Waals surface area contributed by atoms with Crippen molar-refractivity contribution >= 4 is 15.7 Å². The zero-order valence-corrected chi connectivity index (χ0v) is 19.6. The molecule has 3 heterocycles. The number of aryl methyl sites for hydroxylation is 1. The van der Waals surface area contributed by atoms with E-state index in [-0.39, 0.29) is 29.5 Å². The number of carbonyl (C=O) groups is 1. The first-order valence-corrected chi connectivity index (χ1v) is 12.7. The molecule has 1 unspecified atom stereocenters. The van der Waals surface area contributed by atoms with Crippen molar-refractivity contribution in [2.75, 3.05) is 18.6 Å². The Hall–Kier alpha value is -1.41. The van der Waals surface area contributed by atoms with Crippen LogP contribution in [0.15, 0.2) is 0 Å². The van der Waals surface area contributed by atoms with Crippen molar-refractivity contribution in [2.24, 2.45) is 0 Å². The predicted molar refractivity (Wildman–Crippen MR) is 114 cm³/mol. The Morgan fingerprint density at radius 3 is 2.38 bits per heavy atom. The average Bonchev–Trinajstić information content (AvgIpc) is 3.14. The number of likely N-dealkylation sites (N-methyl/N-ethyl adjacent to an activating group) is 1. The first kappa shape index (κ1) is 22.3. The Morgan fingerprint density at radius 2 is 1.83 bits per heavy atom. The summed E-state index contributed by atoms with van der Waals surface area (Å²) in [7, 11) is -0.883. The van der Waals surface area contributed by atoms with Gasteiger partial charge in [0.05, 0.1) is 35.9 Å². The lowest BCUT2D eigenvalue weighted by atomic mass is 9.96. The number of likely N-dealkylation sites (tertiary alicyclic amines) is 1. The summed E-state index contributed by atoms with van der Waals surface area (Å²) < 4.78 is 25.7. The standard InChI is InChI=1S/C21H36N4O3S/c1-14-8-7-9-15(2)24(14)21(26)18(5)23(6)12-20-16(3)22-25(17(20)4)19-10-11-29(27,28)13-19/h14-15,18-19H,7-13H2,1-6H3/p+1/t14-,15+,18-,19-/m0/s1. The average molecular weight is 426 g/mol. The highest BCUT2D eigenvalue weighted by Gasteiger charge is 2.36. The van der Waals surface area contributed by atoms with Crippen molar-refractivity contribution in [2.45, 2.75) is 91.0 Å². The number of rotatable bonds is 5. The van der Waals surface area contributed by atoms with Gasteiger partial charge in [0.1, 0.15) is 6.54 Å². The van der Waals surface area contributed by atoms with Crippen molar-refractivity contribution in [3.05, 3.63) is 17.0 Å². The molecule has 3 rings (SSSR count). The molecule has 2 fully saturated rings. The molecule has 5 atom stereocenters. The Balaban J connectivity index is 1.73. The number of quaternary nitrogens is 1. The number of amides is 1. The topological polar surface area (TPSA) is 76.7 Å². The maximum Gasteiger partial charge on any atom is 0.281 e. The summed E-state index contributed by atoms with van der Waals surface area (Å²) in [4.78, 5) is 16.5. The van der Waals surface area contributed by atoms with Gasteiger partial charge in [0.15, 0.2) is 15.9 Å². The van der Waals surface area contributed by atoms with E-state index in [1.165, 1.54) is 6.42 Å². The fraction of sp³-hybridized carbons (Fsp3) is 0.810. The number of nitrogens with one attached hydrogen (secondary N) is 1. The van der Waals surface area contributed by atoms with E-state index in [4.69, 9.17) is 0 Å². The number of nitrogens with zero attached hydrogens (tertiary/aromatic N) is 3. The minimum absolute atomic E-state index is 0.0677. The molecule has 0 aromatic carbocycles. The van der Waals surface area contributed by atoms with Crippen LogP contribution in [0.4, 0.5) is 0 Å². The number of aromatic nitrogens is 2. The third-order valence-electron chi connectivity index (χ3n) is 7.04. The lowest BCUT2D eigenvalue weighted by molar-refractivity contribution is -0.908. The normalized spacial score (nSPS) is 29.0. The van der Waals surface area contributed by atoms with Crippen LogP contribution in [0, 0.1) is 13.8 Å². The molecule has 164 valence electrons. The predicted octanol–water partition coefficient (Wildman–Crippen LogP) is 1.05. The SMILES string of the molecule is Cc1nn([C@H]2CCS(=O)(=O)C2)c(C)c1C[NH+](C)[C@@H](C)C(=O)N1[C@H](C)CCC[C@@H]1C. The Bertz CT molecular complexity index is 854.